The van der Waals surface area contributed by atoms with Crippen LogP contribution in [0.2, 0.25) is 5.02 Å². The number of anilines is 1. The van der Waals surface area contributed by atoms with Crippen LogP contribution in [-0.2, 0) is 0 Å². The predicted octanol–water partition coefficient (Wildman–Crippen LogP) is 2.71. The van der Waals surface area contributed by atoms with Gasteiger partial charge in [0.15, 0.2) is 0 Å². The Morgan fingerprint density at radius 1 is 1.28 bits per heavy atom. The van der Waals surface area contributed by atoms with E-state index >= 15 is 0 Å². The smallest absolute Gasteiger partial charge is 0.319 e. The number of para-hydroxylation sites is 1. The number of amides is 2. The number of piperazine rings is 1. The molecule has 2 amide bonds. The second-order valence-corrected chi connectivity index (χ2v) is 7.06. The Bertz CT molecular complexity index is 784. The average molecular weight is 362 g/mol. The third kappa shape index (κ3) is 3.50. The summed E-state index contributed by atoms with van der Waals surface area (Å²) in [5.41, 5.74) is 7.98. The number of rotatable bonds is 2. The number of aromatic nitrogens is 1. The van der Waals surface area contributed by atoms with Crippen molar-refractivity contribution in [2.24, 2.45) is 5.73 Å². The van der Waals surface area contributed by atoms with Crippen LogP contribution >= 0.6 is 11.6 Å². The first-order chi connectivity index (χ1) is 11.9. The number of benzene rings is 1. The molecule has 0 bridgehead atoms. The summed E-state index contributed by atoms with van der Waals surface area (Å²) in [6, 6.07) is 7.75. The molecule has 134 valence electrons. The van der Waals surface area contributed by atoms with Gasteiger partial charge in [-0.3, -0.25) is 0 Å². The normalized spacial score (nSPS) is 16.2. The van der Waals surface area contributed by atoms with E-state index < -0.39 is 0 Å². The summed E-state index contributed by atoms with van der Waals surface area (Å²) in [6.07, 6.45) is 0. The van der Waals surface area contributed by atoms with Crippen LogP contribution < -0.4 is 10.6 Å². The number of fused-ring (bicyclic) bond motifs is 1. The summed E-state index contributed by atoms with van der Waals surface area (Å²) in [5.74, 6) is 0.868. The lowest BCUT2D eigenvalue weighted by Crippen LogP contribution is -2.52. The lowest BCUT2D eigenvalue weighted by Gasteiger charge is -2.37. The number of urea groups is 1. The van der Waals surface area contributed by atoms with Gasteiger partial charge < -0.3 is 20.4 Å². The van der Waals surface area contributed by atoms with E-state index in [1.807, 2.05) is 30.0 Å². The summed E-state index contributed by atoms with van der Waals surface area (Å²) in [4.78, 5) is 22.6. The van der Waals surface area contributed by atoms with Crippen LogP contribution in [0.25, 0.3) is 10.9 Å². The van der Waals surface area contributed by atoms with Crippen LogP contribution in [0.3, 0.4) is 0 Å². The number of pyridine rings is 1. The maximum absolute atomic E-state index is 12.1. The first kappa shape index (κ1) is 17.8. The highest BCUT2D eigenvalue weighted by Gasteiger charge is 2.25. The van der Waals surface area contributed by atoms with Gasteiger partial charge in [0.05, 0.1) is 10.5 Å². The zero-order valence-electron chi connectivity index (χ0n) is 14.9. The highest BCUT2D eigenvalue weighted by atomic mass is 35.5. The van der Waals surface area contributed by atoms with Crippen molar-refractivity contribution >= 4 is 34.4 Å². The van der Waals surface area contributed by atoms with Gasteiger partial charge in [0.1, 0.15) is 5.82 Å². The Morgan fingerprint density at radius 2 is 1.96 bits per heavy atom. The summed E-state index contributed by atoms with van der Waals surface area (Å²) in [6.45, 7) is 4.74. The number of hydrogen-bond acceptors (Lipinski definition) is 4. The van der Waals surface area contributed by atoms with Crippen molar-refractivity contribution in [3.8, 4) is 0 Å². The molecule has 1 fully saturated rings. The standard InChI is InChI=1S/C18H24ClN5O/c1-12(20)14-11-13-5-4-6-15(19)16(13)21-17(14)23-7-9-24(10-8-23)18(25)22(2)3/h4-6,11-12H,7-10,20H2,1-3H3/t12-/m0/s1. The van der Waals surface area contributed by atoms with Gasteiger partial charge >= 0.3 is 6.03 Å². The fourth-order valence-corrected chi connectivity index (χ4v) is 3.37. The van der Waals surface area contributed by atoms with E-state index in [9.17, 15) is 4.79 Å². The van der Waals surface area contributed by atoms with Gasteiger partial charge in [-0.25, -0.2) is 9.78 Å². The highest BCUT2D eigenvalue weighted by Crippen LogP contribution is 2.31. The number of hydrogen-bond donors (Lipinski definition) is 1. The van der Waals surface area contributed by atoms with Crippen LogP contribution in [0.5, 0.6) is 0 Å². The van der Waals surface area contributed by atoms with Crippen LogP contribution in [0, 0.1) is 0 Å². The number of carbonyl (C=O) groups is 1. The third-order valence-corrected chi connectivity index (χ3v) is 4.83. The minimum absolute atomic E-state index is 0.0431. The molecule has 2 N–H and O–H groups in total. The Balaban J connectivity index is 1.92. The van der Waals surface area contributed by atoms with Gasteiger partial charge in [-0.1, -0.05) is 23.7 Å². The minimum atomic E-state index is -0.132. The van der Waals surface area contributed by atoms with E-state index in [4.69, 9.17) is 22.3 Å². The summed E-state index contributed by atoms with van der Waals surface area (Å²) in [7, 11) is 3.55. The fourth-order valence-electron chi connectivity index (χ4n) is 3.15. The van der Waals surface area contributed by atoms with Crippen molar-refractivity contribution in [3.05, 3.63) is 34.9 Å². The fraction of sp³-hybridized carbons (Fsp3) is 0.444. The molecule has 25 heavy (non-hydrogen) atoms. The molecule has 0 radical (unpaired) electrons. The molecule has 0 aliphatic carbocycles. The van der Waals surface area contributed by atoms with Crippen molar-refractivity contribution in [1.82, 2.24) is 14.8 Å². The van der Waals surface area contributed by atoms with E-state index in [1.165, 1.54) is 0 Å². The average Bonchev–Trinajstić information content (AvgIpc) is 2.60. The Hall–Kier alpha value is -2.05. The quantitative estimate of drug-likeness (QED) is 0.893. The highest BCUT2D eigenvalue weighted by molar-refractivity contribution is 6.35. The zero-order valence-corrected chi connectivity index (χ0v) is 15.6. The Labute approximate surface area is 153 Å². The van der Waals surface area contributed by atoms with Gasteiger partial charge in [-0.2, -0.15) is 0 Å². The first-order valence-electron chi connectivity index (χ1n) is 8.44. The number of halogens is 1. The zero-order chi connectivity index (χ0) is 18.1. The molecule has 1 aromatic heterocycles. The Morgan fingerprint density at radius 3 is 2.56 bits per heavy atom. The van der Waals surface area contributed by atoms with Crippen LogP contribution in [0.4, 0.5) is 10.6 Å². The van der Waals surface area contributed by atoms with Gasteiger partial charge in [-0.15, -0.1) is 0 Å². The largest absolute Gasteiger partial charge is 0.353 e. The van der Waals surface area contributed by atoms with Crippen molar-refractivity contribution in [1.29, 1.82) is 0 Å². The third-order valence-electron chi connectivity index (χ3n) is 4.53. The van der Waals surface area contributed by atoms with Crippen molar-refractivity contribution < 1.29 is 4.79 Å². The van der Waals surface area contributed by atoms with E-state index in [2.05, 4.69) is 11.0 Å². The van der Waals surface area contributed by atoms with Crippen LogP contribution in [0.1, 0.15) is 18.5 Å². The molecule has 2 heterocycles. The summed E-state index contributed by atoms with van der Waals surface area (Å²) in [5, 5.41) is 1.63. The lowest BCUT2D eigenvalue weighted by atomic mass is 10.1. The molecular weight excluding hydrogens is 338 g/mol. The SMILES string of the molecule is C[C@H](N)c1cc2cccc(Cl)c2nc1N1CCN(C(=O)N(C)C)CC1. The molecule has 1 aromatic carbocycles. The molecule has 2 aromatic rings. The van der Waals surface area contributed by atoms with Gasteiger partial charge in [-0.05, 0) is 19.1 Å². The minimum Gasteiger partial charge on any atom is -0.353 e. The van der Waals surface area contributed by atoms with Gasteiger partial charge in [0.2, 0.25) is 0 Å². The molecule has 0 spiro atoms. The Kier molecular flexibility index (Phi) is 5.01. The molecule has 1 aliphatic heterocycles. The molecule has 7 heteroatoms. The second kappa shape index (κ2) is 7.06. The molecular formula is C18H24ClN5O. The number of nitrogens with zero attached hydrogens (tertiary/aromatic N) is 4. The molecule has 1 aliphatic rings. The summed E-state index contributed by atoms with van der Waals surface area (Å²) >= 11 is 6.33. The number of carbonyl (C=O) groups excluding carboxylic acids is 1. The van der Waals surface area contributed by atoms with E-state index in [0.29, 0.717) is 18.1 Å². The number of nitrogens with two attached hydrogens (primary N) is 1. The summed E-state index contributed by atoms with van der Waals surface area (Å²) < 4.78 is 0. The van der Waals surface area contributed by atoms with Crippen molar-refractivity contribution in [2.75, 3.05) is 45.2 Å². The topological polar surface area (TPSA) is 65.7 Å². The monoisotopic (exact) mass is 361 g/mol. The first-order valence-corrected chi connectivity index (χ1v) is 8.82. The second-order valence-electron chi connectivity index (χ2n) is 6.65. The van der Waals surface area contributed by atoms with Gasteiger partial charge in [0, 0.05) is 57.3 Å². The van der Waals surface area contributed by atoms with Crippen molar-refractivity contribution in [3.63, 3.8) is 0 Å². The molecule has 3 rings (SSSR count). The van der Waals surface area contributed by atoms with Gasteiger partial charge in [0.25, 0.3) is 0 Å². The molecule has 6 nitrogen and oxygen atoms in total. The lowest BCUT2D eigenvalue weighted by molar-refractivity contribution is 0.168. The molecule has 1 atom stereocenters. The molecule has 0 saturated carbocycles. The van der Waals surface area contributed by atoms with E-state index in [1.54, 1.807) is 19.0 Å². The molecule has 0 unspecified atom stereocenters. The van der Waals surface area contributed by atoms with Crippen molar-refractivity contribution in [2.45, 2.75) is 13.0 Å². The van der Waals surface area contributed by atoms with E-state index in [0.717, 1.165) is 35.4 Å². The maximum Gasteiger partial charge on any atom is 0.319 e. The van der Waals surface area contributed by atoms with Crippen LogP contribution in [-0.4, -0.2) is 61.1 Å². The van der Waals surface area contributed by atoms with Crippen LogP contribution in [0.15, 0.2) is 24.3 Å². The molecule has 1 saturated heterocycles. The predicted molar refractivity (Wildman–Crippen MR) is 102 cm³/mol. The van der Waals surface area contributed by atoms with E-state index in [-0.39, 0.29) is 12.1 Å². The maximum atomic E-state index is 12.1.